The van der Waals surface area contributed by atoms with Gasteiger partial charge in [0, 0.05) is 12.8 Å². The summed E-state index contributed by atoms with van der Waals surface area (Å²) < 4.78 is 11.7. The summed E-state index contributed by atoms with van der Waals surface area (Å²) >= 11 is 0. The minimum atomic E-state index is -0.914. The fraction of sp³-hybridized carbons (Fsp3) is 0.533. The third-order valence-electron chi connectivity index (χ3n) is 3.37. The standard InChI is InChI=1S/C15H20O4/c1-9-6-12(15(16)17)4-5-14(9)19-13-7-10(2)18-11(3)8-13/h4-6,10-11,13H,7-8H2,1-3H3,(H,16,17). The second-order valence-corrected chi connectivity index (χ2v) is 5.25. The van der Waals surface area contributed by atoms with E-state index in [2.05, 4.69) is 0 Å². The smallest absolute Gasteiger partial charge is 0.335 e. The van der Waals surface area contributed by atoms with Crippen LogP contribution in [0.2, 0.25) is 0 Å². The monoisotopic (exact) mass is 264 g/mol. The lowest BCUT2D eigenvalue weighted by molar-refractivity contribution is -0.0722. The molecule has 0 aliphatic carbocycles. The average molecular weight is 264 g/mol. The number of benzene rings is 1. The van der Waals surface area contributed by atoms with Crippen molar-refractivity contribution in [3.8, 4) is 5.75 Å². The molecule has 0 radical (unpaired) electrons. The first-order chi connectivity index (χ1) is 8.95. The Balaban J connectivity index is 2.08. The molecule has 1 heterocycles. The fourth-order valence-electron chi connectivity index (χ4n) is 2.53. The van der Waals surface area contributed by atoms with Crippen LogP contribution in [0.25, 0.3) is 0 Å². The quantitative estimate of drug-likeness (QED) is 0.911. The van der Waals surface area contributed by atoms with Crippen LogP contribution in [-0.4, -0.2) is 29.4 Å². The Bertz CT molecular complexity index is 459. The SMILES string of the molecule is Cc1cc(C(=O)O)ccc1OC1CC(C)OC(C)C1. The maximum atomic E-state index is 10.9. The van der Waals surface area contributed by atoms with E-state index in [-0.39, 0.29) is 18.3 Å². The normalized spacial score (nSPS) is 27.0. The molecular weight excluding hydrogens is 244 g/mol. The number of aromatic carboxylic acids is 1. The van der Waals surface area contributed by atoms with E-state index in [4.69, 9.17) is 14.6 Å². The largest absolute Gasteiger partial charge is 0.490 e. The van der Waals surface area contributed by atoms with Gasteiger partial charge in [-0.2, -0.15) is 0 Å². The summed E-state index contributed by atoms with van der Waals surface area (Å²) in [5, 5.41) is 8.93. The van der Waals surface area contributed by atoms with Gasteiger partial charge in [-0.05, 0) is 44.5 Å². The van der Waals surface area contributed by atoms with Gasteiger partial charge in [-0.15, -0.1) is 0 Å². The minimum Gasteiger partial charge on any atom is -0.490 e. The number of hydrogen-bond acceptors (Lipinski definition) is 3. The predicted octanol–water partition coefficient (Wildman–Crippen LogP) is 3.03. The predicted molar refractivity (Wildman–Crippen MR) is 71.8 cm³/mol. The molecule has 1 N–H and O–H groups in total. The van der Waals surface area contributed by atoms with E-state index in [0.717, 1.165) is 24.2 Å². The van der Waals surface area contributed by atoms with Crippen molar-refractivity contribution in [1.29, 1.82) is 0 Å². The summed E-state index contributed by atoms with van der Waals surface area (Å²) in [6.07, 6.45) is 2.27. The van der Waals surface area contributed by atoms with E-state index in [1.165, 1.54) is 0 Å². The highest BCUT2D eigenvalue weighted by Gasteiger charge is 2.26. The van der Waals surface area contributed by atoms with Gasteiger partial charge in [0.05, 0.1) is 17.8 Å². The Morgan fingerprint density at radius 1 is 1.32 bits per heavy atom. The molecule has 0 bridgehead atoms. The highest BCUT2D eigenvalue weighted by molar-refractivity contribution is 5.88. The van der Waals surface area contributed by atoms with Gasteiger partial charge in [0.15, 0.2) is 0 Å². The van der Waals surface area contributed by atoms with Crippen LogP contribution in [0, 0.1) is 6.92 Å². The number of carboxylic acids is 1. The molecule has 1 aliphatic rings. The summed E-state index contributed by atoms with van der Waals surface area (Å²) in [5.74, 6) is -0.153. The summed E-state index contributed by atoms with van der Waals surface area (Å²) in [6, 6.07) is 4.96. The number of aryl methyl sites for hydroxylation is 1. The van der Waals surface area contributed by atoms with E-state index < -0.39 is 5.97 Å². The second kappa shape index (κ2) is 5.61. The first kappa shape index (κ1) is 13.9. The van der Waals surface area contributed by atoms with E-state index in [0.29, 0.717) is 5.56 Å². The van der Waals surface area contributed by atoms with Crippen LogP contribution in [0.3, 0.4) is 0 Å². The molecule has 0 saturated carbocycles. The molecule has 104 valence electrons. The topological polar surface area (TPSA) is 55.8 Å². The average Bonchev–Trinajstić information content (AvgIpc) is 2.30. The highest BCUT2D eigenvalue weighted by Crippen LogP contribution is 2.26. The molecule has 19 heavy (non-hydrogen) atoms. The van der Waals surface area contributed by atoms with E-state index in [1.807, 2.05) is 20.8 Å². The number of ether oxygens (including phenoxy) is 2. The lowest BCUT2D eigenvalue weighted by Crippen LogP contribution is -2.35. The summed E-state index contributed by atoms with van der Waals surface area (Å²) in [4.78, 5) is 10.9. The molecule has 1 aliphatic heterocycles. The van der Waals surface area contributed by atoms with E-state index in [9.17, 15) is 4.79 Å². The first-order valence-corrected chi connectivity index (χ1v) is 6.61. The molecule has 1 aromatic rings. The van der Waals surface area contributed by atoms with Gasteiger partial charge in [-0.3, -0.25) is 0 Å². The zero-order valence-electron chi connectivity index (χ0n) is 11.6. The van der Waals surface area contributed by atoms with Crippen molar-refractivity contribution in [3.63, 3.8) is 0 Å². The summed E-state index contributed by atoms with van der Waals surface area (Å²) in [5.41, 5.74) is 1.14. The molecule has 2 atom stereocenters. The molecule has 2 unspecified atom stereocenters. The van der Waals surface area contributed by atoms with Gasteiger partial charge < -0.3 is 14.6 Å². The fourth-order valence-corrected chi connectivity index (χ4v) is 2.53. The van der Waals surface area contributed by atoms with Gasteiger partial charge >= 0.3 is 5.97 Å². The van der Waals surface area contributed by atoms with Crippen molar-refractivity contribution in [2.75, 3.05) is 0 Å². The molecule has 0 amide bonds. The van der Waals surface area contributed by atoms with Crippen molar-refractivity contribution in [1.82, 2.24) is 0 Å². The Morgan fingerprint density at radius 2 is 1.95 bits per heavy atom. The molecule has 0 spiro atoms. The minimum absolute atomic E-state index is 0.133. The van der Waals surface area contributed by atoms with Crippen LogP contribution in [-0.2, 0) is 4.74 Å². The molecule has 1 aromatic carbocycles. The molecule has 1 fully saturated rings. The van der Waals surface area contributed by atoms with Gasteiger partial charge in [-0.25, -0.2) is 4.79 Å². The maximum absolute atomic E-state index is 10.9. The zero-order valence-corrected chi connectivity index (χ0v) is 11.6. The molecule has 2 rings (SSSR count). The molecular formula is C15H20O4. The van der Waals surface area contributed by atoms with Crippen LogP contribution < -0.4 is 4.74 Å². The number of carbonyl (C=O) groups is 1. The Morgan fingerprint density at radius 3 is 2.47 bits per heavy atom. The van der Waals surface area contributed by atoms with Crippen LogP contribution in [0.1, 0.15) is 42.6 Å². The second-order valence-electron chi connectivity index (χ2n) is 5.25. The van der Waals surface area contributed by atoms with Crippen molar-refractivity contribution >= 4 is 5.97 Å². The first-order valence-electron chi connectivity index (χ1n) is 6.61. The highest BCUT2D eigenvalue weighted by atomic mass is 16.5. The zero-order chi connectivity index (χ0) is 14.0. The molecule has 0 aromatic heterocycles. The Kier molecular flexibility index (Phi) is 4.10. The Hall–Kier alpha value is -1.55. The lowest BCUT2D eigenvalue weighted by atomic mass is 10.0. The molecule has 1 saturated heterocycles. The van der Waals surface area contributed by atoms with Crippen LogP contribution in [0.5, 0.6) is 5.75 Å². The van der Waals surface area contributed by atoms with Crippen LogP contribution in [0.15, 0.2) is 18.2 Å². The van der Waals surface area contributed by atoms with Gasteiger partial charge in [0.25, 0.3) is 0 Å². The van der Waals surface area contributed by atoms with Gasteiger partial charge in [-0.1, -0.05) is 0 Å². The maximum Gasteiger partial charge on any atom is 0.335 e. The van der Waals surface area contributed by atoms with Gasteiger partial charge in [0.1, 0.15) is 11.9 Å². The number of rotatable bonds is 3. The van der Waals surface area contributed by atoms with Crippen LogP contribution >= 0.6 is 0 Å². The number of hydrogen-bond donors (Lipinski definition) is 1. The number of carboxylic acid groups (broad SMARTS) is 1. The van der Waals surface area contributed by atoms with Crippen molar-refractivity contribution in [2.24, 2.45) is 0 Å². The van der Waals surface area contributed by atoms with Crippen molar-refractivity contribution in [3.05, 3.63) is 29.3 Å². The summed E-state index contributed by atoms with van der Waals surface area (Å²) in [6.45, 7) is 5.97. The van der Waals surface area contributed by atoms with Crippen molar-refractivity contribution in [2.45, 2.75) is 51.9 Å². The molecule has 4 heteroatoms. The van der Waals surface area contributed by atoms with E-state index >= 15 is 0 Å². The third kappa shape index (κ3) is 3.47. The van der Waals surface area contributed by atoms with Crippen molar-refractivity contribution < 1.29 is 19.4 Å². The lowest BCUT2D eigenvalue weighted by Gasteiger charge is -2.32. The molecule has 4 nitrogen and oxygen atoms in total. The summed E-state index contributed by atoms with van der Waals surface area (Å²) in [7, 11) is 0. The third-order valence-corrected chi connectivity index (χ3v) is 3.37. The van der Waals surface area contributed by atoms with E-state index in [1.54, 1.807) is 18.2 Å². The van der Waals surface area contributed by atoms with Gasteiger partial charge in [0.2, 0.25) is 0 Å². The Labute approximate surface area is 113 Å². The van der Waals surface area contributed by atoms with Crippen LogP contribution in [0.4, 0.5) is 0 Å².